The normalized spacial score (nSPS) is 12.7. The number of carbonyl (C=O) groups is 1. The Morgan fingerprint density at radius 3 is 2.65 bits per heavy atom. The highest BCUT2D eigenvalue weighted by atomic mass is 16.5. The molecule has 0 aliphatic heterocycles. The van der Waals surface area contributed by atoms with Gasteiger partial charge in [0.15, 0.2) is 0 Å². The van der Waals surface area contributed by atoms with Crippen LogP contribution in [0.1, 0.15) is 45.5 Å². The Labute approximate surface area is 121 Å². The second-order valence-electron chi connectivity index (χ2n) is 5.38. The SMILES string of the molecule is CCc1cc(CNC(CC(C)C)C(=O)OC)n(CC)n1. The van der Waals surface area contributed by atoms with E-state index in [2.05, 4.69) is 44.2 Å². The highest BCUT2D eigenvalue weighted by Gasteiger charge is 2.20. The van der Waals surface area contributed by atoms with Gasteiger partial charge in [-0.15, -0.1) is 0 Å². The van der Waals surface area contributed by atoms with Crippen molar-refractivity contribution in [1.29, 1.82) is 0 Å². The van der Waals surface area contributed by atoms with Crippen LogP contribution >= 0.6 is 0 Å². The molecule has 0 aliphatic carbocycles. The summed E-state index contributed by atoms with van der Waals surface area (Å²) in [4.78, 5) is 11.8. The number of nitrogens with zero attached hydrogens (tertiary/aromatic N) is 2. The summed E-state index contributed by atoms with van der Waals surface area (Å²) in [6.45, 7) is 9.83. The number of hydrogen-bond acceptors (Lipinski definition) is 4. The average Bonchev–Trinajstić information content (AvgIpc) is 2.84. The highest BCUT2D eigenvalue weighted by Crippen LogP contribution is 2.09. The number of esters is 1. The van der Waals surface area contributed by atoms with Crippen LogP contribution in [0.2, 0.25) is 0 Å². The molecule has 0 aliphatic rings. The minimum Gasteiger partial charge on any atom is -0.468 e. The van der Waals surface area contributed by atoms with Crippen LogP contribution in [-0.4, -0.2) is 28.9 Å². The standard InChI is InChI=1S/C15H27N3O2/c1-6-12-9-13(18(7-2)17-12)10-16-14(8-11(3)4)15(19)20-5/h9,11,14,16H,6-8,10H2,1-5H3. The minimum atomic E-state index is -0.259. The quantitative estimate of drug-likeness (QED) is 0.742. The van der Waals surface area contributed by atoms with Crippen LogP contribution < -0.4 is 5.32 Å². The Bertz CT molecular complexity index is 427. The summed E-state index contributed by atoms with van der Waals surface area (Å²) in [5.74, 6) is 0.242. The van der Waals surface area contributed by atoms with Crippen LogP contribution in [-0.2, 0) is 29.0 Å². The smallest absolute Gasteiger partial charge is 0.322 e. The van der Waals surface area contributed by atoms with Gasteiger partial charge in [0.25, 0.3) is 0 Å². The van der Waals surface area contributed by atoms with Crippen LogP contribution in [0.3, 0.4) is 0 Å². The monoisotopic (exact) mass is 281 g/mol. The molecule has 0 radical (unpaired) electrons. The van der Waals surface area contributed by atoms with Gasteiger partial charge in [0.1, 0.15) is 6.04 Å². The summed E-state index contributed by atoms with van der Waals surface area (Å²) in [6, 6.07) is 1.84. The van der Waals surface area contributed by atoms with E-state index in [1.807, 2.05) is 4.68 Å². The number of nitrogens with one attached hydrogen (secondary N) is 1. The molecule has 1 aromatic rings. The van der Waals surface area contributed by atoms with Crippen LogP contribution in [0.15, 0.2) is 6.07 Å². The second-order valence-corrected chi connectivity index (χ2v) is 5.38. The number of methoxy groups -OCH3 is 1. The second kappa shape index (κ2) is 8.04. The van der Waals surface area contributed by atoms with E-state index in [1.54, 1.807) is 0 Å². The molecule has 0 saturated heterocycles. The van der Waals surface area contributed by atoms with E-state index in [9.17, 15) is 4.79 Å². The predicted octanol–water partition coefficient (Wildman–Crippen LogP) is 2.14. The lowest BCUT2D eigenvalue weighted by Gasteiger charge is -2.18. The molecule has 0 fully saturated rings. The van der Waals surface area contributed by atoms with Gasteiger partial charge in [0, 0.05) is 13.1 Å². The Balaban J connectivity index is 2.71. The summed E-state index contributed by atoms with van der Waals surface area (Å²) in [7, 11) is 1.43. The average molecular weight is 281 g/mol. The molecule has 1 heterocycles. The molecule has 5 heteroatoms. The van der Waals surface area contributed by atoms with Crippen molar-refractivity contribution in [3.8, 4) is 0 Å². The lowest BCUT2D eigenvalue weighted by molar-refractivity contribution is -0.143. The molecule has 0 spiro atoms. The lowest BCUT2D eigenvalue weighted by Crippen LogP contribution is -2.38. The number of ether oxygens (including phenoxy) is 1. The molecule has 1 rings (SSSR count). The summed E-state index contributed by atoms with van der Waals surface area (Å²) in [5.41, 5.74) is 2.20. The molecule has 0 amide bonds. The zero-order valence-electron chi connectivity index (χ0n) is 13.3. The van der Waals surface area contributed by atoms with Crippen LogP contribution in [0.25, 0.3) is 0 Å². The summed E-state index contributed by atoms with van der Waals surface area (Å²) in [6.07, 6.45) is 1.69. The first kappa shape index (κ1) is 16.7. The number of carbonyl (C=O) groups excluding carboxylic acids is 1. The van der Waals surface area contributed by atoms with E-state index < -0.39 is 0 Å². The van der Waals surface area contributed by atoms with Gasteiger partial charge in [-0.25, -0.2) is 0 Å². The number of rotatable bonds is 8. The van der Waals surface area contributed by atoms with Crippen LogP contribution in [0, 0.1) is 5.92 Å². The molecule has 114 valence electrons. The Kier molecular flexibility index (Phi) is 6.71. The topological polar surface area (TPSA) is 56.1 Å². The minimum absolute atomic E-state index is 0.197. The van der Waals surface area contributed by atoms with E-state index in [-0.39, 0.29) is 12.0 Å². The van der Waals surface area contributed by atoms with Gasteiger partial charge in [-0.2, -0.15) is 5.10 Å². The molecule has 1 aromatic heterocycles. The number of aryl methyl sites for hydroxylation is 2. The fourth-order valence-corrected chi connectivity index (χ4v) is 2.21. The summed E-state index contributed by atoms with van der Waals surface area (Å²) < 4.78 is 6.84. The molecule has 0 aromatic carbocycles. The maximum Gasteiger partial charge on any atom is 0.322 e. The van der Waals surface area contributed by atoms with Crippen molar-refractivity contribution in [2.75, 3.05) is 7.11 Å². The van der Waals surface area contributed by atoms with E-state index in [1.165, 1.54) is 7.11 Å². The van der Waals surface area contributed by atoms with Gasteiger partial charge in [-0.3, -0.25) is 14.8 Å². The third-order valence-corrected chi connectivity index (χ3v) is 3.30. The largest absolute Gasteiger partial charge is 0.468 e. The van der Waals surface area contributed by atoms with Gasteiger partial charge in [-0.05, 0) is 31.7 Å². The van der Waals surface area contributed by atoms with Crippen LogP contribution in [0.5, 0.6) is 0 Å². The van der Waals surface area contributed by atoms with Gasteiger partial charge < -0.3 is 4.74 Å². The molecular formula is C15H27N3O2. The molecule has 0 bridgehead atoms. The molecule has 1 unspecified atom stereocenters. The Hall–Kier alpha value is -1.36. The van der Waals surface area contributed by atoms with E-state index in [0.717, 1.165) is 30.8 Å². The van der Waals surface area contributed by atoms with Crippen molar-refractivity contribution >= 4 is 5.97 Å². The lowest BCUT2D eigenvalue weighted by atomic mass is 10.0. The van der Waals surface area contributed by atoms with Crippen molar-refractivity contribution in [2.24, 2.45) is 5.92 Å². The van der Waals surface area contributed by atoms with E-state index in [0.29, 0.717) is 12.5 Å². The maximum absolute atomic E-state index is 11.8. The maximum atomic E-state index is 11.8. The highest BCUT2D eigenvalue weighted by molar-refractivity contribution is 5.75. The van der Waals surface area contributed by atoms with Crippen molar-refractivity contribution < 1.29 is 9.53 Å². The predicted molar refractivity (Wildman–Crippen MR) is 79.4 cm³/mol. The fraction of sp³-hybridized carbons (Fsp3) is 0.733. The zero-order chi connectivity index (χ0) is 15.1. The molecule has 20 heavy (non-hydrogen) atoms. The molecular weight excluding hydrogens is 254 g/mol. The Morgan fingerprint density at radius 2 is 2.15 bits per heavy atom. The van der Waals surface area contributed by atoms with Crippen molar-refractivity contribution in [2.45, 2.75) is 59.7 Å². The van der Waals surface area contributed by atoms with E-state index in [4.69, 9.17) is 4.74 Å². The van der Waals surface area contributed by atoms with Crippen molar-refractivity contribution in [3.05, 3.63) is 17.5 Å². The van der Waals surface area contributed by atoms with Gasteiger partial charge in [0.2, 0.25) is 0 Å². The van der Waals surface area contributed by atoms with Gasteiger partial charge in [-0.1, -0.05) is 20.8 Å². The van der Waals surface area contributed by atoms with Crippen LogP contribution in [0.4, 0.5) is 0 Å². The van der Waals surface area contributed by atoms with Crippen molar-refractivity contribution in [3.63, 3.8) is 0 Å². The molecule has 1 atom stereocenters. The third-order valence-electron chi connectivity index (χ3n) is 3.30. The zero-order valence-corrected chi connectivity index (χ0v) is 13.3. The van der Waals surface area contributed by atoms with Gasteiger partial charge >= 0.3 is 5.97 Å². The summed E-state index contributed by atoms with van der Waals surface area (Å²) in [5, 5.41) is 7.81. The number of hydrogen-bond donors (Lipinski definition) is 1. The fourth-order valence-electron chi connectivity index (χ4n) is 2.21. The van der Waals surface area contributed by atoms with Crippen molar-refractivity contribution in [1.82, 2.24) is 15.1 Å². The molecule has 1 N–H and O–H groups in total. The first-order chi connectivity index (χ1) is 9.51. The first-order valence-electron chi connectivity index (χ1n) is 7.38. The number of aromatic nitrogens is 2. The third kappa shape index (κ3) is 4.63. The Morgan fingerprint density at radius 1 is 1.45 bits per heavy atom. The van der Waals surface area contributed by atoms with E-state index >= 15 is 0 Å². The van der Waals surface area contributed by atoms with Gasteiger partial charge in [0.05, 0.1) is 18.5 Å². The summed E-state index contributed by atoms with van der Waals surface area (Å²) >= 11 is 0. The first-order valence-corrected chi connectivity index (χ1v) is 7.38. The molecule has 0 saturated carbocycles. The molecule has 5 nitrogen and oxygen atoms in total.